The van der Waals surface area contributed by atoms with Crippen molar-refractivity contribution >= 4 is 0 Å². The molecule has 0 spiro atoms. The van der Waals surface area contributed by atoms with Crippen LogP contribution >= 0.6 is 0 Å². The third-order valence-corrected chi connectivity index (χ3v) is 1.67. The lowest BCUT2D eigenvalue weighted by Gasteiger charge is -1.98. The molecule has 0 aromatic carbocycles. The summed E-state index contributed by atoms with van der Waals surface area (Å²) >= 11 is 0. The van der Waals surface area contributed by atoms with Crippen molar-refractivity contribution in [1.82, 2.24) is 4.57 Å². The van der Waals surface area contributed by atoms with Crippen molar-refractivity contribution < 1.29 is 9.30 Å². The van der Waals surface area contributed by atoms with Crippen LogP contribution in [0.25, 0.3) is 0 Å². The van der Waals surface area contributed by atoms with Crippen LogP contribution in [-0.2, 0) is 18.3 Å². The number of rotatable bonds is 5. The van der Waals surface area contributed by atoms with E-state index >= 15 is 0 Å². The fourth-order valence-corrected chi connectivity index (χ4v) is 1.05. The first-order chi connectivity index (χ1) is 5.83. The summed E-state index contributed by atoms with van der Waals surface area (Å²) in [5, 5.41) is 0. The van der Waals surface area contributed by atoms with Crippen LogP contribution in [0, 0.1) is 0 Å². The summed E-state index contributed by atoms with van der Waals surface area (Å²) in [6, 6.07) is 0. The van der Waals surface area contributed by atoms with E-state index in [2.05, 4.69) is 24.0 Å². The molecular formula is C9H17N2O+. The second kappa shape index (κ2) is 4.93. The minimum absolute atomic E-state index is 0.808. The Morgan fingerprint density at radius 1 is 1.42 bits per heavy atom. The van der Waals surface area contributed by atoms with Crippen molar-refractivity contribution in [1.29, 1.82) is 0 Å². The summed E-state index contributed by atoms with van der Waals surface area (Å²) in [5.41, 5.74) is 0. The normalized spacial score (nSPS) is 10.5. The van der Waals surface area contributed by atoms with Crippen LogP contribution in [0.5, 0.6) is 0 Å². The molecule has 1 aromatic rings. The minimum Gasteiger partial charge on any atom is -0.377 e. The van der Waals surface area contributed by atoms with Crippen LogP contribution in [0.15, 0.2) is 18.7 Å². The number of aryl methyl sites for hydroxylation is 1. The molecular weight excluding hydrogens is 152 g/mol. The van der Waals surface area contributed by atoms with Gasteiger partial charge in [-0.25, -0.2) is 9.13 Å². The summed E-state index contributed by atoms with van der Waals surface area (Å²) in [6.07, 6.45) is 7.23. The van der Waals surface area contributed by atoms with Crippen LogP contribution in [0.1, 0.15) is 13.3 Å². The van der Waals surface area contributed by atoms with Crippen LogP contribution < -0.4 is 4.57 Å². The zero-order chi connectivity index (χ0) is 8.81. The van der Waals surface area contributed by atoms with Gasteiger partial charge >= 0.3 is 0 Å². The number of hydrogen-bond acceptors (Lipinski definition) is 1. The Labute approximate surface area is 73.6 Å². The van der Waals surface area contributed by atoms with Gasteiger partial charge in [0.15, 0.2) is 0 Å². The molecule has 0 bridgehead atoms. The molecule has 68 valence electrons. The average Bonchev–Trinajstić information content (AvgIpc) is 2.45. The smallest absolute Gasteiger partial charge is 0.243 e. The summed E-state index contributed by atoms with van der Waals surface area (Å²) < 4.78 is 9.51. The Balaban J connectivity index is 2.15. The highest BCUT2D eigenvalue weighted by atomic mass is 16.5. The zero-order valence-corrected chi connectivity index (χ0v) is 7.86. The number of nitrogens with zero attached hydrogens (tertiary/aromatic N) is 2. The molecule has 1 aromatic heterocycles. The molecule has 0 N–H and O–H groups in total. The Kier molecular flexibility index (Phi) is 3.80. The topological polar surface area (TPSA) is 18.0 Å². The molecule has 0 atom stereocenters. The Hall–Kier alpha value is -0.830. The van der Waals surface area contributed by atoms with E-state index in [1.54, 1.807) is 0 Å². The van der Waals surface area contributed by atoms with E-state index in [9.17, 15) is 0 Å². The quantitative estimate of drug-likeness (QED) is 0.469. The molecule has 0 saturated carbocycles. The largest absolute Gasteiger partial charge is 0.377 e. The van der Waals surface area contributed by atoms with Gasteiger partial charge in [0.05, 0.1) is 13.7 Å². The van der Waals surface area contributed by atoms with Crippen molar-refractivity contribution in [3.8, 4) is 0 Å². The highest BCUT2D eigenvalue weighted by Gasteiger charge is 1.98. The molecule has 3 heteroatoms. The molecule has 0 aliphatic heterocycles. The molecule has 0 fully saturated rings. The van der Waals surface area contributed by atoms with E-state index in [-0.39, 0.29) is 0 Å². The Morgan fingerprint density at radius 3 is 2.83 bits per heavy atom. The van der Waals surface area contributed by atoms with Gasteiger partial charge in [-0.15, -0.1) is 0 Å². The van der Waals surface area contributed by atoms with Gasteiger partial charge < -0.3 is 4.74 Å². The van der Waals surface area contributed by atoms with Gasteiger partial charge in [0.2, 0.25) is 6.33 Å². The van der Waals surface area contributed by atoms with E-state index in [0.717, 1.165) is 26.2 Å². The SMILES string of the molecule is CCCOCCn1cc[n+](C)c1. The van der Waals surface area contributed by atoms with E-state index in [0.29, 0.717) is 0 Å². The lowest BCUT2D eigenvalue weighted by molar-refractivity contribution is -0.671. The minimum atomic E-state index is 0.808. The van der Waals surface area contributed by atoms with Crippen LogP contribution in [0.3, 0.4) is 0 Å². The van der Waals surface area contributed by atoms with Gasteiger partial charge in [0, 0.05) is 6.61 Å². The Bertz CT molecular complexity index is 220. The zero-order valence-electron chi connectivity index (χ0n) is 7.86. The summed E-state index contributed by atoms with van der Waals surface area (Å²) in [6.45, 7) is 4.74. The molecule has 0 amide bonds. The monoisotopic (exact) mass is 169 g/mol. The maximum atomic E-state index is 5.37. The van der Waals surface area contributed by atoms with Crippen molar-refractivity contribution in [2.75, 3.05) is 13.2 Å². The van der Waals surface area contributed by atoms with E-state index in [1.807, 2.05) is 17.8 Å². The van der Waals surface area contributed by atoms with Crippen molar-refractivity contribution in [3.05, 3.63) is 18.7 Å². The van der Waals surface area contributed by atoms with Crippen LogP contribution in [0.2, 0.25) is 0 Å². The van der Waals surface area contributed by atoms with Crippen LogP contribution in [-0.4, -0.2) is 17.8 Å². The highest BCUT2D eigenvalue weighted by molar-refractivity contribution is 4.65. The van der Waals surface area contributed by atoms with Gasteiger partial charge in [-0.05, 0) is 6.42 Å². The molecule has 12 heavy (non-hydrogen) atoms. The molecule has 1 heterocycles. The van der Waals surface area contributed by atoms with Gasteiger partial charge in [0.1, 0.15) is 18.9 Å². The third kappa shape index (κ3) is 3.05. The first kappa shape index (κ1) is 9.26. The maximum absolute atomic E-state index is 5.37. The van der Waals surface area contributed by atoms with E-state index in [1.165, 1.54) is 0 Å². The third-order valence-electron chi connectivity index (χ3n) is 1.67. The molecule has 3 nitrogen and oxygen atoms in total. The summed E-state index contributed by atoms with van der Waals surface area (Å²) in [4.78, 5) is 0. The van der Waals surface area contributed by atoms with Gasteiger partial charge in [0.25, 0.3) is 0 Å². The Morgan fingerprint density at radius 2 is 2.25 bits per heavy atom. The number of imidazole rings is 1. The van der Waals surface area contributed by atoms with Gasteiger partial charge in [-0.1, -0.05) is 6.92 Å². The number of ether oxygens (including phenoxy) is 1. The lowest BCUT2D eigenvalue weighted by atomic mass is 10.5. The predicted octanol–water partition coefficient (Wildman–Crippen LogP) is 0.739. The van der Waals surface area contributed by atoms with Crippen molar-refractivity contribution in [2.45, 2.75) is 19.9 Å². The van der Waals surface area contributed by atoms with Gasteiger partial charge in [-0.2, -0.15) is 0 Å². The lowest BCUT2D eigenvalue weighted by Crippen LogP contribution is -2.24. The van der Waals surface area contributed by atoms with E-state index < -0.39 is 0 Å². The fourth-order valence-electron chi connectivity index (χ4n) is 1.05. The highest BCUT2D eigenvalue weighted by Crippen LogP contribution is 1.86. The van der Waals surface area contributed by atoms with Crippen molar-refractivity contribution in [2.24, 2.45) is 7.05 Å². The van der Waals surface area contributed by atoms with Crippen LogP contribution in [0.4, 0.5) is 0 Å². The predicted molar refractivity (Wildman–Crippen MR) is 46.7 cm³/mol. The molecule has 0 aliphatic carbocycles. The molecule has 0 saturated heterocycles. The molecule has 1 rings (SSSR count). The van der Waals surface area contributed by atoms with E-state index in [4.69, 9.17) is 4.74 Å². The average molecular weight is 169 g/mol. The number of hydrogen-bond donors (Lipinski definition) is 0. The van der Waals surface area contributed by atoms with Gasteiger partial charge in [-0.3, -0.25) is 0 Å². The second-order valence-electron chi connectivity index (χ2n) is 2.93. The molecule has 0 radical (unpaired) electrons. The molecule has 0 aliphatic rings. The number of aromatic nitrogens is 2. The fraction of sp³-hybridized carbons (Fsp3) is 0.667. The molecule has 0 unspecified atom stereocenters. The first-order valence-electron chi connectivity index (χ1n) is 4.41. The van der Waals surface area contributed by atoms with Crippen molar-refractivity contribution in [3.63, 3.8) is 0 Å². The standard InChI is InChI=1S/C9H17N2O/c1-3-7-12-8-6-11-5-4-10(2)9-11/h4-5,9H,3,6-8H2,1-2H3/q+1. The summed E-state index contributed by atoms with van der Waals surface area (Å²) in [7, 11) is 2.02. The first-order valence-corrected chi connectivity index (χ1v) is 4.41. The second-order valence-corrected chi connectivity index (χ2v) is 2.93. The summed E-state index contributed by atoms with van der Waals surface area (Å²) in [5.74, 6) is 0. The maximum Gasteiger partial charge on any atom is 0.243 e.